The van der Waals surface area contributed by atoms with E-state index in [0.29, 0.717) is 0 Å². The van der Waals surface area contributed by atoms with E-state index in [9.17, 15) is 39.5 Å². The highest BCUT2D eigenvalue weighted by atomic mass is 35.5. The van der Waals surface area contributed by atoms with Gasteiger partial charge in [-0.05, 0) is 11.6 Å². The maximum absolute atomic E-state index is 13.2. The number of hydroxylamine groups is 1. The van der Waals surface area contributed by atoms with Crippen LogP contribution in [0.5, 0.6) is 0 Å². The van der Waals surface area contributed by atoms with Crippen molar-refractivity contribution < 1.29 is 44.4 Å². The topological polar surface area (TPSA) is 28.4 Å². The van der Waals surface area contributed by atoms with E-state index < -0.39 is 51.6 Å². The third-order valence-electron chi connectivity index (χ3n) is 2.42. The van der Waals surface area contributed by atoms with Crippen LogP contribution < -0.4 is 5.06 Å². The Hall–Kier alpha value is -1.43. The van der Waals surface area contributed by atoms with Crippen molar-refractivity contribution in [3.63, 3.8) is 0 Å². The maximum Gasteiger partial charge on any atom is 0.449 e. The first-order chi connectivity index (χ1) is 9.34. The zero-order valence-electron chi connectivity index (χ0n) is 9.08. The summed E-state index contributed by atoms with van der Waals surface area (Å²) in [4.78, 5) is 5.52. The normalized spacial score (nSPS) is 22.7. The van der Waals surface area contributed by atoms with Crippen molar-refractivity contribution in [1.29, 1.82) is 0 Å². The molecule has 1 atom stereocenters. The fourth-order valence-corrected chi connectivity index (χ4v) is 1.68. The smallest absolute Gasteiger partial charge is 0.221 e. The van der Waals surface area contributed by atoms with Crippen molar-refractivity contribution in [3.8, 4) is 0 Å². The number of hydrogen-bond donors (Lipinski definition) is 0. The predicted molar refractivity (Wildman–Crippen MR) is 47.2 cm³/mol. The fraction of sp³-hybridized carbons (Fsp3) is 0.375. The van der Waals surface area contributed by atoms with Gasteiger partial charge < -0.3 is 0 Å². The molecule has 1 aromatic rings. The highest BCUT2D eigenvalue weighted by Crippen LogP contribution is 2.60. The van der Waals surface area contributed by atoms with Gasteiger partial charge in [0.2, 0.25) is 11.6 Å². The summed E-state index contributed by atoms with van der Waals surface area (Å²) in [6.45, 7) is 0. The second-order valence-electron chi connectivity index (χ2n) is 3.70. The molecule has 1 fully saturated rings. The monoisotopic (exact) mass is 346 g/mol. The third-order valence-corrected chi connectivity index (χ3v) is 2.68. The highest BCUT2D eigenvalue weighted by molar-refractivity contribution is 6.23. The van der Waals surface area contributed by atoms with Crippen LogP contribution in [0.2, 0.25) is 0 Å². The van der Waals surface area contributed by atoms with E-state index in [1.54, 1.807) is 0 Å². The van der Waals surface area contributed by atoms with Gasteiger partial charge in [-0.15, -0.1) is 0 Å². The predicted octanol–water partition coefficient (Wildman–Crippen LogP) is 3.48. The first-order valence-corrected chi connectivity index (χ1v) is 5.05. The van der Waals surface area contributed by atoms with Crippen LogP contribution in [0.3, 0.4) is 0 Å². The van der Waals surface area contributed by atoms with E-state index in [0.717, 1.165) is 0 Å². The number of aromatic nitrogens is 1. The molecule has 2 heterocycles. The molecule has 13 heteroatoms. The molecule has 0 N–H and O–H groups in total. The largest absolute Gasteiger partial charge is 0.449 e. The van der Waals surface area contributed by atoms with Crippen molar-refractivity contribution in [2.24, 2.45) is 0 Å². The summed E-state index contributed by atoms with van der Waals surface area (Å²) in [7, 11) is 0. The van der Waals surface area contributed by atoms with Crippen LogP contribution >= 0.6 is 11.6 Å². The van der Waals surface area contributed by atoms with E-state index in [2.05, 4.69) is 16.4 Å². The average molecular weight is 347 g/mol. The zero-order chi connectivity index (χ0) is 16.4. The second kappa shape index (κ2) is 4.29. The lowest BCUT2D eigenvalue weighted by molar-refractivity contribution is -0.227. The first-order valence-electron chi connectivity index (χ1n) is 4.67. The molecule has 1 aliphatic heterocycles. The maximum atomic E-state index is 13.2. The molecular formula is C8ClF9N2O. The van der Waals surface area contributed by atoms with Gasteiger partial charge >= 0.3 is 17.3 Å². The Balaban J connectivity index is 2.62. The number of anilines is 1. The molecule has 0 bridgehead atoms. The summed E-state index contributed by atoms with van der Waals surface area (Å²) in [6.07, 6.45) is -5.94. The Labute approximate surface area is 113 Å². The van der Waals surface area contributed by atoms with Crippen LogP contribution in [-0.2, 0) is 4.84 Å². The lowest BCUT2D eigenvalue weighted by Gasteiger charge is -2.20. The summed E-state index contributed by atoms with van der Waals surface area (Å²) in [6, 6.07) is 0. The molecule has 0 aliphatic carbocycles. The first kappa shape index (κ1) is 15.9. The van der Waals surface area contributed by atoms with Crippen molar-refractivity contribution in [1.82, 2.24) is 4.98 Å². The van der Waals surface area contributed by atoms with E-state index in [-0.39, 0.29) is 0 Å². The molecule has 21 heavy (non-hydrogen) atoms. The molecular weight excluding hydrogens is 347 g/mol. The Morgan fingerprint density at radius 1 is 0.952 bits per heavy atom. The standard InChI is InChI=1S/C8ClF9N2O/c9-7(14,15)6(8(16,17)18)20(21-6)3-1(10)4(12)19-5(13)2(3)11. The van der Waals surface area contributed by atoms with Gasteiger partial charge in [-0.2, -0.15) is 49.6 Å². The number of rotatable bonds is 2. The lowest BCUT2D eigenvalue weighted by Crippen LogP contribution is -2.49. The number of hydrogen-bond acceptors (Lipinski definition) is 3. The summed E-state index contributed by atoms with van der Waals surface area (Å²) < 4.78 is 116. The minimum absolute atomic E-state index is 1.10. The molecule has 0 amide bonds. The number of halogens is 10. The van der Waals surface area contributed by atoms with Crippen molar-refractivity contribution in [2.45, 2.75) is 17.3 Å². The Bertz CT molecular complexity index is 559. The van der Waals surface area contributed by atoms with E-state index >= 15 is 0 Å². The fourth-order valence-electron chi connectivity index (χ4n) is 1.46. The summed E-state index contributed by atoms with van der Waals surface area (Å²) in [5, 5.41) is -6.31. The van der Waals surface area contributed by atoms with Gasteiger partial charge in [0, 0.05) is 0 Å². The van der Waals surface area contributed by atoms with Gasteiger partial charge in [0.05, 0.1) is 0 Å². The molecule has 0 radical (unpaired) electrons. The van der Waals surface area contributed by atoms with Gasteiger partial charge in [0.25, 0.3) is 11.9 Å². The Morgan fingerprint density at radius 3 is 1.67 bits per heavy atom. The Kier molecular flexibility index (Phi) is 3.26. The SMILES string of the molecule is Fc1nc(F)c(F)c(N2OC2(C(F)(F)F)C(F)(F)Cl)c1F. The summed E-state index contributed by atoms with van der Waals surface area (Å²) in [5.74, 6) is -9.62. The molecule has 0 saturated carbocycles. The summed E-state index contributed by atoms with van der Waals surface area (Å²) in [5.41, 5.74) is -6.83. The van der Waals surface area contributed by atoms with Crippen molar-refractivity contribution in [3.05, 3.63) is 23.5 Å². The van der Waals surface area contributed by atoms with Gasteiger partial charge in [-0.1, -0.05) is 0 Å². The van der Waals surface area contributed by atoms with Gasteiger partial charge in [0.15, 0.2) is 0 Å². The molecule has 118 valence electrons. The Morgan fingerprint density at radius 2 is 1.38 bits per heavy atom. The number of alkyl halides is 6. The van der Waals surface area contributed by atoms with Gasteiger partial charge in [-0.25, -0.2) is 4.84 Å². The minimum atomic E-state index is -5.94. The molecule has 1 saturated heterocycles. The van der Waals surface area contributed by atoms with E-state index in [1.165, 1.54) is 0 Å². The van der Waals surface area contributed by atoms with Crippen LogP contribution in [0.4, 0.5) is 45.2 Å². The molecule has 1 aliphatic rings. The highest BCUT2D eigenvalue weighted by Gasteiger charge is 2.87. The van der Waals surface area contributed by atoms with Crippen LogP contribution in [0.15, 0.2) is 0 Å². The second-order valence-corrected chi connectivity index (χ2v) is 4.17. The van der Waals surface area contributed by atoms with E-state index in [1.807, 2.05) is 4.98 Å². The molecule has 0 aromatic carbocycles. The minimum Gasteiger partial charge on any atom is -0.221 e. The molecule has 2 rings (SSSR count). The van der Waals surface area contributed by atoms with Gasteiger partial charge in [0.1, 0.15) is 5.69 Å². The molecule has 3 nitrogen and oxygen atoms in total. The number of nitrogens with zero attached hydrogens (tertiary/aromatic N) is 2. The van der Waals surface area contributed by atoms with Gasteiger partial charge in [-0.3, -0.25) is 0 Å². The van der Waals surface area contributed by atoms with Crippen LogP contribution in [0, 0.1) is 23.5 Å². The van der Waals surface area contributed by atoms with Crippen molar-refractivity contribution >= 4 is 17.3 Å². The molecule has 1 unspecified atom stereocenters. The quantitative estimate of drug-likeness (QED) is 0.355. The van der Waals surface area contributed by atoms with E-state index in [4.69, 9.17) is 0 Å². The zero-order valence-corrected chi connectivity index (χ0v) is 9.84. The average Bonchev–Trinajstić information content (AvgIpc) is 3.02. The lowest BCUT2D eigenvalue weighted by atomic mass is 10.2. The van der Waals surface area contributed by atoms with Crippen LogP contribution in [-0.4, -0.2) is 22.3 Å². The summed E-state index contributed by atoms with van der Waals surface area (Å²) >= 11 is 4.23. The number of pyridine rings is 1. The van der Waals surface area contributed by atoms with Crippen LogP contribution in [0.1, 0.15) is 0 Å². The van der Waals surface area contributed by atoms with Crippen molar-refractivity contribution in [2.75, 3.05) is 5.06 Å². The molecule has 0 spiro atoms. The van der Waals surface area contributed by atoms with Crippen LogP contribution in [0.25, 0.3) is 0 Å². The third kappa shape index (κ3) is 2.08. The molecule has 1 aromatic heterocycles.